The minimum Gasteiger partial charge on any atom is -0.465 e. The van der Waals surface area contributed by atoms with Gasteiger partial charge in [0.15, 0.2) is 4.86 Å². The summed E-state index contributed by atoms with van der Waals surface area (Å²) >= 11 is 0. The third kappa shape index (κ3) is 2.88. The van der Waals surface area contributed by atoms with E-state index in [9.17, 15) is 9.59 Å². The van der Waals surface area contributed by atoms with Gasteiger partial charge in [0.2, 0.25) is 0 Å². The van der Waals surface area contributed by atoms with Crippen LogP contribution in [0.15, 0.2) is 63.9 Å². The second kappa shape index (κ2) is 7.30. The first-order valence-electron chi connectivity index (χ1n) is 8.15. The van der Waals surface area contributed by atoms with Crippen LogP contribution in [0.3, 0.4) is 0 Å². The number of esters is 2. The van der Waals surface area contributed by atoms with Crippen LogP contribution < -0.4 is 0 Å². The minimum atomic E-state index is -0.896. The highest BCUT2D eigenvalue weighted by Crippen LogP contribution is 2.51. The van der Waals surface area contributed by atoms with Crippen molar-refractivity contribution in [2.45, 2.75) is 23.6 Å². The summed E-state index contributed by atoms with van der Waals surface area (Å²) in [6.45, 7) is 4.13. The van der Waals surface area contributed by atoms with Gasteiger partial charge in [0.05, 0.1) is 14.2 Å². The fourth-order valence-electron chi connectivity index (χ4n) is 3.16. The maximum atomic E-state index is 12.5. The molecule has 0 saturated carbocycles. The lowest BCUT2D eigenvalue weighted by molar-refractivity contribution is -0.137. The van der Waals surface area contributed by atoms with Crippen LogP contribution in [0.5, 0.6) is 0 Å². The Hall–Kier alpha value is -2.66. The highest BCUT2D eigenvalue weighted by molar-refractivity contribution is 8.18. The van der Waals surface area contributed by atoms with Crippen LogP contribution >= 0.6 is 10.5 Å². The Morgan fingerprint density at radius 2 is 1.19 bits per heavy atom. The van der Waals surface area contributed by atoms with Gasteiger partial charge in [0.25, 0.3) is 0 Å². The number of carbonyl (C=O) groups is 2. The van der Waals surface area contributed by atoms with Crippen LogP contribution in [0, 0.1) is 0 Å². The number of rotatable bonds is 2. The van der Waals surface area contributed by atoms with Gasteiger partial charge in [0.1, 0.15) is 0 Å². The molecular weight excluding hydrogens is 348 g/mol. The van der Waals surface area contributed by atoms with Crippen molar-refractivity contribution in [2.75, 3.05) is 14.2 Å². The Bertz CT molecular complexity index is 896. The van der Waals surface area contributed by atoms with Gasteiger partial charge in [-0.3, -0.25) is 0 Å². The van der Waals surface area contributed by atoms with Crippen LogP contribution in [0.2, 0.25) is 0 Å². The third-order valence-electron chi connectivity index (χ3n) is 4.20. The Balaban J connectivity index is 2.51. The van der Waals surface area contributed by atoms with Crippen molar-refractivity contribution in [1.82, 2.24) is 0 Å². The quantitative estimate of drug-likeness (QED) is 0.389. The molecule has 1 aliphatic heterocycles. The van der Waals surface area contributed by atoms with Crippen LogP contribution in [-0.4, -0.2) is 31.0 Å². The first-order valence-corrected chi connectivity index (χ1v) is 9.37. The molecular formula is C21H20O4S. The first kappa shape index (κ1) is 18.1. The lowest BCUT2D eigenvalue weighted by Gasteiger charge is -2.28. The molecule has 2 aromatic carbocycles. The van der Waals surface area contributed by atoms with Crippen molar-refractivity contribution < 1.29 is 19.1 Å². The molecule has 3 rings (SSSR count). The van der Waals surface area contributed by atoms with E-state index in [1.165, 1.54) is 19.8 Å². The van der Waals surface area contributed by atoms with E-state index in [0.29, 0.717) is 0 Å². The van der Waals surface area contributed by atoms with Gasteiger partial charge in [0, 0.05) is 9.79 Å². The largest absolute Gasteiger partial charge is 0.465 e. The molecule has 0 radical (unpaired) electrons. The zero-order valence-corrected chi connectivity index (χ0v) is 16.0. The molecule has 1 aliphatic rings. The van der Waals surface area contributed by atoms with Crippen LogP contribution in [0.4, 0.5) is 0 Å². The van der Waals surface area contributed by atoms with Gasteiger partial charge in [-0.2, -0.15) is 0 Å². The molecule has 0 aromatic heterocycles. The molecule has 5 heteroatoms. The Kier molecular flexibility index (Phi) is 5.09. The van der Waals surface area contributed by atoms with Crippen molar-refractivity contribution in [3.8, 4) is 0 Å². The standard InChI is InChI=1S/C21H20O4S/c1-13(2)18-14-9-5-7-11-16(14)26(17-12-8-6-10-15(17)18)19(20(22)24-3)21(23)25-4/h5-12H,1-4H3. The average molecular weight is 368 g/mol. The molecule has 0 aliphatic carbocycles. The van der Waals surface area contributed by atoms with E-state index < -0.39 is 22.4 Å². The summed E-state index contributed by atoms with van der Waals surface area (Å²) in [5, 5.41) is 0. The van der Waals surface area contributed by atoms with Crippen molar-refractivity contribution in [3.63, 3.8) is 0 Å². The number of hydrogen-bond donors (Lipinski definition) is 0. The smallest absolute Gasteiger partial charge is 0.351 e. The molecule has 0 atom stereocenters. The molecule has 0 unspecified atom stereocenters. The molecule has 26 heavy (non-hydrogen) atoms. The monoisotopic (exact) mass is 368 g/mol. The predicted octanol–water partition coefficient (Wildman–Crippen LogP) is 4.05. The first-order chi connectivity index (χ1) is 12.5. The van der Waals surface area contributed by atoms with Crippen molar-refractivity contribution in [3.05, 3.63) is 65.2 Å². The maximum absolute atomic E-state index is 12.5. The lowest BCUT2D eigenvalue weighted by Crippen LogP contribution is -2.27. The SMILES string of the molecule is COC(=O)C(C(=O)OC)=S1c2ccccc2C(=C(C)C)c2ccccc21. The molecule has 0 bridgehead atoms. The van der Waals surface area contributed by atoms with Gasteiger partial charge in [-0.25, -0.2) is 9.59 Å². The summed E-state index contributed by atoms with van der Waals surface area (Å²) in [6, 6.07) is 15.7. The zero-order valence-electron chi connectivity index (χ0n) is 15.2. The molecule has 0 spiro atoms. The number of allylic oxidation sites excluding steroid dienone is 1. The molecule has 0 fully saturated rings. The van der Waals surface area contributed by atoms with E-state index in [2.05, 4.69) is 13.8 Å². The molecule has 0 saturated heterocycles. The van der Waals surface area contributed by atoms with E-state index in [4.69, 9.17) is 9.47 Å². The lowest BCUT2D eigenvalue weighted by atomic mass is 9.93. The third-order valence-corrected chi connectivity index (χ3v) is 6.53. The van der Waals surface area contributed by atoms with E-state index in [-0.39, 0.29) is 4.86 Å². The highest BCUT2D eigenvalue weighted by Gasteiger charge is 2.32. The number of hydrogen-bond acceptors (Lipinski definition) is 4. The molecule has 134 valence electrons. The maximum Gasteiger partial charge on any atom is 0.351 e. The topological polar surface area (TPSA) is 52.6 Å². The number of methoxy groups -OCH3 is 2. The van der Waals surface area contributed by atoms with Crippen LogP contribution in [-0.2, 0) is 19.1 Å². The fourth-order valence-corrected chi connectivity index (χ4v) is 5.55. The number of carbonyl (C=O) groups excluding carboxylic acids is 2. The summed E-state index contributed by atoms with van der Waals surface area (Å²) in [4.78, 5) is 26.8. The van der Waals surface area contributed by atoms with E-state index >= 15 is 0 Å². The molecule has 0 N–H and O–H groups in total. The summed E-state index contributed by atoms with van der Waals surface area (Å²) in [5.41, 5.74) is 4.36. The summed E-state index contributed by atoms with van der Waals surface area (Å²) < 4.78 is 9.82. The number of ether oxygens (including phenoxy) is 2. The average Bonchev–Trinajstić information content (AvgIpc) is 2.66. The van der Waals surface area contributed by atoms with Crippen molar-refractivity contribution in [2.24, 2.45) is 0 Å². The molecule has 4 nitrogen and oxygen atoms in total. The normalized spacial score (nSPS) is 14.8. The summed E-state index contributed by atoms with van der Waals surface area (Å²) in [5.74, 6) is -1.32. The Morgan fingerprint density at radius 1 is 0.769 bits per heavy atom. The second-order valence-corrected chi connectivity index (χ2v) is 7.89. The Morgan fingerprint density at radius 3 is 1.58 bits per heavy atom. The Labute approximate surface area is 155 Å². The fraction of sp³-hybridized carbons (Fsp3) is 0.190. The van der Waals surface area contributed by atoms with Gasteiger partial charge >= 0.3 is 11.9 Å². The van der Waals surface area contributed by atoms with E-state index in [1.54, 1.807) is 0 Å². The summed E-state index contributed by atoms with van der Waals surface area (Å²) in [7, 11) is 1.66. The second-order valence-electron chi connectivity index (χ2n) is 5.99. The molecule has 0 amide bonds. The van der Waals surface area contributed by atoms with Crippen molar-refractivity contribution >= 4 is 32.9 Å². The number of fused-ring (bicyclic) bond motifs is 2. The van der Waals surface area contributed by atoms with Crippen molar-refractivity contribution in [1.29, 1.82) is 0 Å². The van der Waals surface area contributed by atoms with Gasteiger partial charge in [-0.1, -0.05) is 42.0 Å². The predicted molar refractivity (Wildman–Crippen MR) is 103 cm³/mol. The van der Waals surface area contributed by atoms with E-state index in [1.807, 2.05) is 48.5 Å². The molecule has 2 aromatic rings. The van der Waals surface area contributed by atoms with Gasteiger partial charge in [-0.05, 0) is 42.7 Å². The minimum absolute atomic E-state index is 0.0164. The van der Waals surface area contributed by atoms with Crippen LogP contribution in [0.25, 0.3) is 5.57 Å². The highest BCUT2D eigenvalue weighted by atomic mass is 32.2. The molecule has 1 heterocycles. The van der Waals surface area contributed by atoms with Crippen LogP contribution in [0.1, 0.15) is 25.0 Å². The number of benzene rings is 2. The van der Waals surface area contributed by atoms with Gasteiger partial charge < -0.3 is 9.47 Å². The van der Waals surface area contributed by atoms with E-state index in [0.717, 1.165) is 26.5 Å². The van der Waals surface area contributed by atoms with Gasteiger partial charge in [-0.15, -0.1) is 10.5 Å². The zero-order chi connectivity index (χ0) is 18.8. The summed E-state index contributed by atoms with van der Waals surface area (Å²) in [6.07, 6.45) is 0.